The molecule has 45 heavy (non-hydrogen) atoms. The van der Waals surface area contributed by atoms with Crippen LogP contribution in [0, 0.1) is 34.5 Å². The highest BCUT2D eigenvalue weighted by atomic mass is 28.4. The average Bonchev–Trinajstić information content (AvgIpc) is 3.21. The van der Waals surface area contributed by atoms with Crippen molar-refractivity contribution >= 4 is 25.0 Å². The van der Waals surface area contributed by atoms with Crippen LogP contribution in [0.2, 0.25) is 54.4 Å². The Morgan fingerprint density at radius 2 is 1.20 bits per heavy atom. The molecule has 0 saturated heterocycles. The Balaban J connectivity index is 2.02. The molecule has 0 aliphatic heterocycles. The van der Waals surface area contributed by atoms with Crippen molar-refractivity contribution in [2.45, 2.75) is 189 Å². The third-order valence-corrected chi connectivity index (χ3v) is 28.7. The second kappa shape index (κ2) is 13.2. The zero-order valence-electron chi connectivity index (χ0n) is 33.6. The molecule has 0 aromatic carbocycles. The smallest absolute Gasteiger partial charge is 0.192 e. The van der Waals surface area contributed by atoms with Crippen molar-refractivity contribution in [1.29, 1.82) is 0 Å². The normalized spacial score (nSPS) is 35.2. The van der Waals surface area contributed by atoms with Crippen molar-refractivity contribution in [3.63, 3.8) is 0 Å². The maximum atomic E-state index is 7.22. The van der Waals surface area contributed by atoms with Crippen LogP contribution in [0.4, 0.5) is 0 Å². The van der Waals surface area contributed by atoms with Gasteiger partial charge in [-0.25, -0.2) is 0 Å². The first-order valence-corrected chi connectivity index (χ1v) is 27.5. The van der Waals surface area contributed by atoms with E-state index in [1.54, 1.807) is 5.57 Å². The summed E-state index contributed by atoms with van der Waals surface area (Å²) in [4.78, 5) is 0. The largest absolute Gasteiger partial charge is 0.417 e. The topological polar surface area (TPSA) is 27.7 Å². The molecule has 6 heteroatoms. The standard InChI is InChI=1S/C39H78O3Si3/c1-19-29-20-21-33-32(28-41-44(15,16)36(5,6)7)34(23-25-38(29,33)11)39(12)24-22-31(42-45(17,18)37(8,9)10)26-30(39)27-40-43(13,14)35(2,3)4/h19,30-34H,20-28H2,1-18H3/b29-19-/t30-,31+,32+,33?,34?,38-,39+/m1/s1. The van der Waals surface area contributed by atoms with E-state index in [1.165, 1.54) is 38.5 Å². The van der Waals surface area contributed by atoms with Gasteiger partial charge in [0.05, 0.1) is 0 Å². The van der Waals surface area contributed by atoms with Gasteiger partial charge in [0.25, 0.3) is 0 Å². The fourth-order valence-corrected chi connectivity index (χ4v) is 12.0. The van der Waals surface area contributed by atoms with E-state index in [0.29, 0.717) is 35.2 Å². The van der Waals surface area contributed by atoms with E-state index in [2.05, 4.69) is 128 Å². The van der Waals surface area contributed by atoms with Gasteiger partial charge in [0.15, 0.2) is 25.0 Å². The van der Waals surface area contributed by atoms with Crippen molar-refractivity contribution in [3.8, 4) is 0 Å². The summed E-state index contributed by atoms with van der Waals surface area (Å²) in [5.74, 6) is 2.50. The van der Waals surface area contributed by atoms with Crippen LogP contribution in [0.5, 0.6) is 0 Å². The Kier molecular flexibility index (Phi) is 11.6. The van der Waals surface area contributed by atoms with Gasteiger partial charge in [-0.1, -0.05) is 87.8 Å². The highest BCUT2D eigenvalue weighted by molar-refractivity contribution is 6.74. The Labute approximate surface area is 285 Å². The molecular formula is C39H78O3Si3. The summed E-state index contributed by atoms with van der Waals surface area (Å²) in [6.07, 6.45) is 11.6. The zero-order chi connectivity index (χ0) is 34.7. The molecule has 3 fully saturated rings. The highest BCUT2D eigenvalue weighted by Crippen LogP contribution is 2.64. The summed E-state index contributed by atoms with van der Waals surface area (Å²) in [5.41, 5.74) is 2.29. The summed E-state index contributed by atoms with van der Waals surface area (Å²) in [7, 11) is -5.61. The minimum atomic E-state index is -1.88. The molecule has 264 valence electrons. The van der Waals surface area contributed by atoms with E-state index < -0.39 is 25.0 Å². The van der Waals surface area contributed by atoms with E-state index in [9.17, 15) is 0 Å². The van der Waals surface area contributed by atoms with E-state index >= 15 is 0 Å². The first-order chi connectivity index (χ1) is 20.1. The molecule has 3 rings (SSSR count). The van der Waals surface area contributed by atoms with Crippen LogP contribution in [-0.2, 0) is 13.3 Å². The fraction of sp³-hybridized carbons (Fsp3) is 0.949. The Hall–Kier alpha value is 0.271. The molecule has 0 N–H and O–H groups in total. The van der Waals surface area contributed by atoms with Crippen LogP contribution in [0.15, 0.2) is 11.6 Å². The highest BCUT2D eigenvalue weighted by Gasteiger charge is 2.58. The Morgan fingerprint density at radius 3 is 1.69 bits per heavy atom. The summed E-state index contributed by atoms with van der Waals surface area (Å²) in [6, 6.07) is 0. The van der Waals surface area contributed by atoms with E-state index in [1.807, 2.05) is 0 Å². The number of fused-ring (bicyclic) bond motifs is 1. The SMILES string of the molecule is C/C=C1/CCC2[C@H](CO[Si](C)(C)C(C)(C)C)C([C@@]3(C)CC[C@H](O[Si](C)(C)C(C)(C)C)C[C@@H]3CO[Si](C)(C)C(C)(C)C)CC[C@]12C. The van der Waals surface area contributed by atoms with Crippen LogP contribution in [-0.4, -0.2) is 44.3 Å². The van der Waals surface area contributed by atoms with E-state index in [-0.39, 0.29) is 20.5 Å². The quantitative estimate of drug-likeness (QED) is 0.179. The van der Waals surface area contributed by atoms with Gasteiger partial charge in [-0.2, -0.15) is 0 Å². The monoisotopic (exact) mass is 679 g/mol. The molecule has 0 amide bonds. The lowest BCUT2D eigenvalue weighted by atomic mass is 9.49. The number of rotatable bonds is 9. The van der Waals surface area contributed by atoms with Crippen LogP contribution in [0.25, 0.3) is 0 Å². The number of hydrogen-bond donors (Lipinski definition) is 0. The van der Waals surface area contributed by atoms with Gasteiger partial charge in [0.1, 0.15) is 0 Å². The van der Waals surface area contributed by atoms with Gasteiger partial charge in [-0.3, -0.25) is 0 Å². The second-order valence-electron chi connectivity index (χ2n) is 20.8. The minimum absolute atomic E-state index is 0.216. The van der Waals surface area contributed by atoms with Gasteiger partial charge in [0.2, 0.25) is 0 Å². The molecular weight excluding hydrogens is 601 g/mol. The fourth-order valence-electron chi connectivity index (χ4n) is 8.53. The molecule has 3 saturated carbocycles. The van der Waals surface area contributed by atoms with E-state index in [0.717, 1.165) is 19.6 Å². The van der Waals surface area contributed by atoms with Crippen LogP contribution in [0.1, 0.15) is 128 Å². The molecule has 3 aliphatic carbocycles. The van der Waals surface area contributed by atoms with Crippen molar-refractivity contribution in [3.05, 3.63) is 11.6 Å². The minimum Gasteiger partial charge on any atom is -0.417 e. The summed E-state index contributed by atoms with van der Waals surface area (Å²) in [6.45, 7) is 45.6. The Bertz CT molecular complexity index is 1040. The van der Waals surface area contributed by atoms with Gasteiger partial charge in [0, 0.05) is 19.3 Å². The van der Waals surface area contributed by atoms with Crippen molar-refractivity contribution in [2.24, 2.45) is 34.5 Å². The molecule has 0 radical (unpaired) electrons. The van der Waals surface area contributed by atoms with Crippen molar-refractivity contribution < 1.29 is 13.3 Å². The molecule has 2 unspecified atom stereocenters. The van der Waals surface area contributed by atoms with Gasteiger partial charge in [-0.15, -0.1) is 0 Å². The van der Waals surface area contributed by atoms with Crippen LogP contribution < -0.4 is 0 Å². The first-order valence-electron chi connectivity index (χ1n) is 18.7. The molecule has 7 atom stereocenters. The number of allylic oxidation sites excluding steroid dienone is 2. The summed E-state index contributed by atoms with van der Waals surface area (Å²) in [5, 5.41) is 0.676. The first kappa shape index (κ1) is 39.7. The van der Waals surface area contributed by atoms with Gasteiger partial charge < -0.3 is 13.3 Å². The lowest BCUT2D eigenvalue weighted by molar-refractivity contribution is -0.1000. The van der Waals surface area contributed by atoms with E-state index in [4.69, 9.17) is 13.3 Å². The third kappa shape index (κ3) is 8.03. The molecule has 0 bridgehead atoms. The van der Waals surface area contributed by atoms with Crippen molar-refractivity contribution in [2.75, 3.05) is 13.2 Å². The lowest BCUT2D eigenvalue weighted by Gasteiger charge is -2.58. The molecule has 3 nitrogen and oxygen atoms in total. The van der Waals surface area contributed by atoms with Gasteiger partial charge in [-0.05, 0) is 141 Å². The lowest BCUT2D eigenvalue weighted by Crippen LogP contribution is -2.55. The molecule has 0 aromatic heterocycles. The molecule has 0 aromatic rings. The third-order valence-electron chi connectivity index (χ3n) is 15.1. The number of hydrogen-bond acceptors (Lipinski definition) is 3. The summed E-state index contributed by atoms with van der Waals surface area (Å²) >= 11 is 0. The van der Waals surface area contributed by atoms with Gasteiger partial charge >= 0.3 is 0 Å². The maximum absolute atomic E-state index is 7.22. The predicted molar refractivity (Wildman–Crippen MR) is 205 cm³/mol. The summed E-state index contributed by atoms with van der Waals surface area (Å²) < 4.78 is 21.6. The second-order valence-corrected chi connectivity index (χ2v) is 35.2. The van der Waals surface area contributed by atoms with Crippen molar-refractivity contribution in [1.82, 2.24) is 0 Å². The molecule has 3 aliphatic rings. The van der Waals surface area contributed by atoms with Crippen LogP contribution in [0.3, 0.4) is 0 Å². The maximum Gasteiger partial charge on any atom is 0.192 e. The van der Waals surface area contributed by atoms with Crippen LogP contribution >= 0.6 is 0 Å². The predicted octanol–water partition coefficient (Wildman–Crippen LogP) is 12.6. The molecule has 0 heterocycles. The Morgan fingerprint density at radius 1 is 0.689 bits per heavy atom. The molecule has 0 spiro atoms. The zero-order valence-corrected chi connectivity index (χ0v) is 36.6. The average molecular weight is 679 g/mol.